The highest BCUT2D eigenvalue weighted by Crippen LogP contribution is 2.29. The molecule has 28 heavy (non-hydrogen) atoms. The average Bonchev–Trinajstić information content (AvgIpc) is 2.98. The van der Waals surface area contributed by atoms with Gasteiger partial charge in [-0.1, -0.05) is 30.3 Å². The number of rotatable bonds is 7. The lowest BCUT2D eigenvalue weighted by Gasteiger charge is -2.20. The smallest absolute Gasteiger partial charge is 0.183 e. The van der Waals surface area contributed by atoms with Crippen molar-refractivity contribution in [1.29, 1.82) is 0 Å². The Bertz CT molecular complexity index is 1030. The molecule has 0 aromatic heterocycles. The van der Waals surface area contributed by atoms with Crippen molar-refractivity contribution in [3.05, 3.63) is 59.7 Å². The molecular weight excluding hydrogens is 398 g/mol. The summed E-state index contributed by atoms with van der Waals surface area (Å²) in [5, 5.41) is 2.17. The van der Waals surface area contributed by atoms with E-state index in [-0.39, 0.29) is 16.4 Å². The van der Waals surface area contributed by atoms with Crippen molar-refractivity contribution < 1.29 is 21.6 Å². The zero-order valence-corrected chi connectivity index (χ0v) is 17.6. The lowest BCUT2D eigenvalue weighted by Crippen LogP contribution is -2.44. The fourth-order valence-corrected chi connectivity index (χ4v) is 8.36. The predicted octanol–water partition coefficient (Wildman–Crippen LogP) is 1.78. The SMILES string of the molecule is COc1ccc(S(=O)(=O)[C@H]2CS(=O)(=O)C[C@@H]2NCCc2ccccc2)cc1C. The maximum atomic E-state index is 13.2. The van der Waals surface area contributed by atoms with Gasteiger partial charge in [0, 0.05) is 6.04 Å². The van der Waals surface area contributed by atoms with Gasteiger partial charge in [-0.15, -0.1) is 0 Å². The summed E-state index contributed by atoms with van der Waals surface area (Å²) < 4.78 is 55.9. The van der Waals surface area contributed by atoms with Crippen molar-refractivity contribution >= 4 is 19.7 Å². The molecule has 6 nitrogen and oxygen atoms in total. The van der Waals surface area contributed by atoms with Gasteiger partial charge in [-0.2, -0.15) is 0 Å². The summed E-state index contributed by atoms with van der Waals surface area (Å²) >= 11 is 0. The molecular formula is C20H25NO5S2. The first-order chi connectivity index (χ1) is 13.2. The van der Waals surface area contributed by atoms with Gasteiger partial charge in [0.25, 0.3) is 0 Å². The lowest BCUT2D eigenvalue weighted by molar-refractivity contribution is 0.411. The summed E-state index contributed by atoms with van der Waals surface area (Å²) in [4.78, 5) is 0.128. The van der Waals surface area contributed by atoms with Crippen molar-refractivity contribution in [2.24, 2.45) is 0 Å². The standard InChI is InChI=1S/C20H25NO5S2/c1-15-12-17(8-9-19(15)26-2)28(24,25)20-14-27(22,23)13-18(20)21-11-10-16-6-4-3-5-7-16/h3-9,12,18,20-21H,10-11,13-14H2,1-2H3/t18-,20-/m0/s1. The third kappa shape index (κ3) is 4.56. The first kappa shape index (κ1) is 20.8. The summed E-state index contributed by atoms with van der Waals surface area (Å²) in [6, 6.07) is 13.8. The van der Waals surface area contributed by atoms with Gasteiger partial charge in [-0.3, -0.25) is 0 Å². The van der Waals surface area contributed by atoms with Crippen molar-refractivity contribution in [2.45, 2.75) is 29.5 Å². The minimum atomic E-state index is -3.80. The van der Waals surface area contributed by atoms with Gasteiger partial charge in [-0.05, 0) is 49.2 Å². The van der Waals surface area contributed by atoms with Crippen LogP contribution >= 0.6 is 0 Å². The van der Waals surface area contributed by atoms with E-state index in [1.807, 2.05) is 30.3 Å². The second kappa shape index (κ2) is 8.23. The Hall–Kier alpha value is -1.90. The molecule has 1 saturated heterocycles. The molecule has 2 aromatic rings. The Morgan fingerprint density at radius 1 is 1.11 bits per heavy atom. The van der Waals surface area contributed by atoms with E-state index in [1.54, 1.807) is 19.1 Å². The molecule has 2 atom stereocenters. The number of hydrogen-bond acceptors (Lipinski definition) is 6. The van der Waals surface area contributed by atoms with E-state index < -0.39 is 31.0 Å². The Morgan fingerprint density at radius 3 is 2.46 bits per heavy atom. The summed E-state index contributed by atoms with van der Waals surface area (Å²) in [6.07, 6.45) is 0.700. The number of hydrogen-bond donors (Lipinski definition) is 1. The van der Waals surface area contributed by atoms with Crippen LogP contribution in [0, 0.1) is 6.92 Å². The number of ether oxygens (including phenoxy) is 1. The van der Waals surface area contributed by atoms with Crippen LogP contribution in [0.3, 0.4) is 0 Å². The summed E-state index contributed by atoms with van der Waals surface area (Å²) in [5.41, 5.74) is 1.80. The van der Waals surface area contributed by atoms with Crippen LogP contribution in [0.4, 0.5) is 0 Å². The number of benzene rings is 2. The minimum Gasteiger partial charge on any atom is -0.496 e. The molecule has 1 aliphatic heterocycles. The zero-order valence-electron chi connectivity index (χ0n) is 16.0. The van der Waals surface area contributed by atoms with Gasteiger partial charge in [-0.25, -0.2) is 16.8 Å². The quantitative estimate of drug-likeness (QED) is 0.730. The van der Waals surface area contributed by atoms with E-state index in [1.165, 1.54) is 13.2 Å². The third-order valence-corrected chi connectivity index (χ3v) is 9.21. The summed E-state index contributed by atoms with van der Waals surface area (Å²) in [6.45, 7) is 2.27. The number of aryl methyl sites for hydroxylation is 1. The Balaban J connectivity index is 1.79. The largest absolute Gasteiger partial charge is 0.496 e. The normalized spacial score (nSPS) is 21.5. The fourth-order valence-electron chi connectivity index (χ4n) is 3.56. The molecule has 8 heteroatoms. The molecule has 3 rings (SSSR count). The van der Waals surface area contributed by atoms with Crippen LogP contribution in [0.1, 0.15) is 11.1 Å². The molecule has 0 saturated carbocycles. The topological polar surface area (TPSA) is 89.5 Å². The van der Waals surface area contributed by atoms with Crippen LogP contribution in [0.25, 0.3) is 0 Å². The number of sulfone groups is 2. The van der Waals surface area contributed by atoms with Crippen molar-refractivity contribution in [1.82, 2.24) is 5.32 Å². The predicted molar refractivity (Wildman–Crippen MR) is 109 cm³/mol. The highest BCUT2D eigenvalue weighted by molar-refractivity contribution is 7.96. The highest BCUT2D eigenvalue weighted by Gasteiger charge is 2.45. The van der Waals surface area contributed by atoms with Crippen LogP contribution < -0.4 is 10.1 Å². The van der Waals surface area contributed by atoms with E-state index in [9.17, 15) is 16.8 Å². The minimum absolute atomic E-state index is 0.128. The molecule has 1 heterocycles. The molecule has 0 radical (unpaired) electrons. The maximum Gasteiger partial charge on any atom is 0.183 e. The van der Waals surface area contributed by atoms with Crippen LogP contribution in [0.15, 0.2) is 53.4 Å². The molecule has 0 unspecified atom stereocenters. The lowest BCUT2D eigenvalue weighted by atomic mass is 10.1. The number of methoxy groups -OCH3 is 1. The summed E-state index contributed by atoms with van der Waals surface area (Å²) in [7, 11) is -5.70. The van der Waals surface area contributed by atoms with Crippen LogP contribution in [-0.2, 0) is 26.1 Å². The Kier molecular flexibility index (Phi) is 6.12. The molecule has 1 fully saturated rings. The monoisotopic (exact) mass is 423 g/mol. The Morgan fingerprint density at radius 2 is 1.82 bits per heavy atom. The van der Waals surface area contributed by atoms with Crippen molar-refractivity contribution in [2.75, 3.05) is 25.2 Å². The second-order valence-electron chi connectivity index (χ2n) is 7.09. The molecule has 152 valence electrons. The van der Waals surface area contributed by atoms with Crippen molar-refractivity contribution in [3.63, 3.8) is 0 Å². The molecule has 2 aromatic carbocycles. The van der Waals surface area contributed by atoms with Crippen LogP contribution in [-0.4, -0.2) is 53.3 Å². The van der Waals surface area contributed by atoms with Gasteiger partial charge in [0.05, 0.1) is 28.8 Å². The molecule has 0 spiro atoms. The van der Waals surface area contributed by atoms with E-state index >= 15 is 0 Å². The molecule has 1 N–H and O–H groups in total. The van der Waals surface area contributed by atoms with Gasteiger partial charge >= 0.3 is 0 Å². The zero-order chi connectivity index (χ0) is 20.4. The fraction of sp³-hybridized carbons (Fsp3) is 0.400. The summed E-state index contributed by atoms with van der Waals surface area (Å²) in [5.74, 6) is 0.0695. The van der Waals surface area contributed by atoms with Crippen molar-refractivity contribution in [3.8, 4) is 5.75 Å². The Labute approximate surface area is 166 Å². The van der Waals surface area contributed by atoms with E-state index in [0.717, 1.165) is 5.56 Å². The van der Waals surface area contributed by atoms with Gasteiger partial charge in [0.2, 0.25) is 0 Å². The van der Waals surface area contributed by atoms with E-state index in [0.29, 0.717) is 24.3 Å². The first-order valence-electron chi connectivity index (χ1n) is 9.09. The molecule has 0 amide bonds. The second-order valence-corrected chi connectivity index (χ2v) is 11.4. The highest BCUT2D eigenvalue weighted by atomic mass is 32.2. The average molecular weight is 424 g/mol. The van der Waals surface area contributed by atoms with Gasteiger partial charge < -0.3 is 10.1 Å². The van der Waals surface area contributed by atoms with Gasteiger partial charge in [0.1, 0.15) is 5.75 Å². The maximum absolute atomic E-state index is 13.2. The molecule has 1 aliphatic rings. The number of nitrogens with one attached hydrogen (secondary N) is 1. The van der Waals surface area contributed by atoms with E-state index in [4.69, 9.17) is 4.74 Å². The van der Waals surface area contributed by atoms with Gasteiger partial charge in [0.15, 0.2) is 19.7 Å². The first-order valence-corrected chi connectivity index (χ1v) is 12.5. The van der Waals surface area contributed by atoms with E-state index in [2.05, 4.69) is 5.32 Å². The van der Waals surface area contributed by atoms with Crippen LogP contribution in [0.2, 0.25) is 0 Å². The third-order valence-electron chi connectivity index (χ3n) is 5.06. The molecule has 0 bridgehead atoms. The van der Waals surface area contributed by atoms with Crippen LogP contribution in [0.5, 0.6) is 5.75 Å². The molecule has 0 aliphatic carbocycles.